The summed E-state index contributed by atoms with van der Waals surface area (Å²) in [4.78, 5) is 25.4. The lowest BCUT2D eigenvalue weighted by atomic mass is 9.77. The minimum atomic E-state index is -0.435. The maximum Gasteiger partial charge on any atom is 0.318 e. The van der Waals surface area contributed by atoms with Crippen molar-refractivity contribution < 1.29 is 13.9 Å². The molecule has 10 heteroatoms. The van der Waals surface area contributed by atoms with E-state index < -0.39 is 5.82 Å². The molecule has 0 amide bonds. The van der Waals surface area contributed by atoms with Crippen LogP contribution in [0.4, 0.5) is 4.39 Å². The summed E-state index contributed by atoms with van der Waals surface area (Å²) in [5, 5.41) is 0. The molecular formula is C27H30FN7O2. The molecular weight excluding hydrogens is 473 g/mol. The van der Waals surface area contributed by atoms with E-state index in [0.717, 1.165) is 23.6 Å². The number of hydrogen-bond acceptors (Lipinski definition) is 8. The van der Waals surface area contributed by atoms with Gasteiger partial charge in [0.15, 0.2) is 5.65 Å². The Kier molecular flexibility index (Phi) is 6.19. The van der Waals surface area contributed by atoms with Crippen LogP contribution in [-0.2, 0) is 6.54 Å². The fraction of sp³-hybridized carbons (Fsp3) is 0.444. The van der Waals surface area contributed by atoms with Crippen molar-refractivity contribution in [1.82, 2.24) is 34.4 Å². The number of piperidine rings is 3. The topological polar surface area (TPSA) is 91.1 Å². The molecule has 0 spiro atoms. The van der Waals surface area contributed by atoms with Gasteiger partial charge in [-0.05, 0) is 51.8 Å². The van der Waals surface area contributed by atoms with Crippen LogP contribution in [0.1, 0.15) is 42.6 Å². The van der Waals surface area contributed by atoms with E-state index in [0.29, 0.717) is 53.2 Å². The standard InChI is InChI=1S/C27H30FN7O2/c1-4-37-27-31-16(2)24-26(33-27)35(25(32-24)18-9-20(28)13-29-11-18)14-19-12-30-22(10-23(19)36-3)21-15-34-7-5-17(21)6-8-34/h9-13,17,21H,4-8,14-15H2,1-3H3. The van der Waals surface area contributed by atoms with Gasteiger partial charge < -0.3 is 18.9 Å². The van der Waals surface area contributed by atoms with E-state index in [-0.39, 0.29) is 6.01 Å². The molecule has 7 heterocycles. The van der Waals surface area contributed by atoms with Crippen molar-refractivity contribution in [2.45, 2.75) is 39.2 Å². The number of methoxy groups -OCH3 is 1. The molecule has 2 bridgehead atoms. The van der Waals surface area contributed by atoms with Crippen LogP contribution < -0.4 is 9.47 Å². The maximum absolute atomic E-state index is 14.1. The molecule has 0 saturated carbocycles. The second-order valence-electron chi connectivity index (χ2n) is 9.78. The first-order valence-electron chi connectivity index (χ1n) is 12.8. The normalized spacial score (nSPS) is 20.9. The summed E-state index contributed by atoms with van der Waals surface area (Å²) in [5.41, 5.74) is 4.41. The minimum Gasteiger partial charge on any atom is -0.496 e. The molecule has 0 aliphatic carbocycles. The first-order valence-corrected chi connectivity index (χ1v) is 12.8. The zero-order valence-electron chi connectivity index (χ0n) is 21.3. The summed E-state index contributed by atoms with van der Waals surface area (Å²) in [5.74, 6) is 1.97. The Morgan fingerprint density at radius 2 is 1.92 bits per heavy atom. The SMILES string of the molecule is CCOc1nc(C)c2nc(-c3cncc(F)c3)n(Cc3cnc(C4CN5CCC4CC5)cc3OC)c2n1. The molecule has 192 valence electrons. The van der Waals surface area contributed by atoms with Crippen LogP contribution in [0, 0.1) is 18.7 Å². The predicted octanol–water partition coefficient (Wildman–Crippen LogP) is 4.00. The van der Waals surface area contributed by atoms with Crippen molar-refractivity contribution >= 4 is 11.2 Å². The van der Waals surface area contributed by atoms with E-state index >= 15 is 0 Å². The van der Waals surface area contributed by atoms with E-state index in [1.807, 2.05) is 24.6 Å². The highest BCUT2D eigenvalue weighted by Crippen LogP contribution is 2.39. The Hall–Kier alpha value is -3.66. The summed E-state index contributed by atoms with van der Waals surface area (Å²) in [7, 11) is 1.68. The number of ether oxygens (including phenoxy) is 2. The molecule has 1 unspecified atom stereocenters. The molecule has 1 atom stereocenters. The molecule has 37 heavy (non-hydrogen) atoms. The lowest BCUT2D eigenvalue weighted by Gasteiger charge is -2.44. The highest BCUT2D eigenvalue weighted by atomic mass is 19.1. The van der Waals surface area contributed by atoms with Gasteiger partial charge in [0.1, 0.15) is 22.9 Å². The van der Waals surface area contributed by atoms with Gasteiger partial charge in [-0.2, -0.15) is 9.97 Å². The third-order valence-electron chi connectivity index (χ3n) is 7.53. The van der Waals surface area contributed by atoms with Gasteiger partial charge in [0.05, 0.1) is 32.2 Å². The first kappa shape index (κ1) is 23.7. The van der Waals surface area contributed by atoms with Gasteiger partial charge >= 0.3 is 6.01 Å². The summed E-state index contributed by atoms with van der Waals surface area (Å²) < 4.78 is 27.5. The Balaban J connectivity index is 1.44. The molecule has 3 fully saturated rings. The predicted molar refractivity (Wildman–Crippen MR) is 136 cm³/mol. The number of imidazole rings is 1. The highest BCUT2D eigenvalue weighted by Gasteiger charge is 2.36. The van der Waals surface area contributed by atoms with E-state index in [9.17, 15) is 4.39 Å². The van der Waals surface area contributed by atoms with Crippen LogP contribution in [0.15, 0.2) is 30.7 Å². The van der Waals surface area contributed by atoms with Crippen molar-refractivity contribution in [2.75, 3.05) is 33.4 Å². The number of halogens is 1. The second kappa shape index (κ2) is 9.66. The van der Waals surface area contributed by atoms with Crippen LogP contribution in [0.3, 0.4) is 0 Å². The van der Waals surface area contributed by atoms with Crippen molar-refractivity contribution in [3.8, 4) is 23.1 Å². The fourth-order valence-electron chi connectivity index (χ4n) is 5.67. The number of pyridine rings is 2. The molecule has 4 aromatic rings. The van der Waals surface area contributed by atoms with E-state index in [1.165, 1.54) is 38.2 Å². The number of aryl methyl sites for hydroxylation is 1. The molecule has 3 saturated heterocycles. The molecule has 4 aromatic heterocycles. The molecule has 3 aliphatic rings. The van der Waals surface area contributed by atoms with Gasteiger partial charge in [-0.25, -0.2) is 9.37 Å². The minimum absolute atomic E-state index is 0.278. The Morgan fingerprint density at radius 3 is 2.62 bits per heavy atom. The third kappa shape index (κ3) is 4.39. The smallest absolute Gasteiger partial charge is 0.318 e. The molecule has 0 N–H and O–H groups in total. The van der Waals surface area contributed by atoms with Crippen molar-refractivity contribution in [1.29, 1.82) is 0 Å². The van der Waals surface area contributed by atoms with Gasteiger partial charge in [0.2, 0.25) is 0 Å². The van der Waals surface area contributed by atoms with E-state index in [4.69, 9.17) is 19.4 Å². The van der Waals surface area contributed by atoms with E-state index in [2.05, 4.69) is 25.9 Å². The summed E-state index contributed by atoms with van der Waals surface area (Å²) in [6.45, 7) is 8.00. The third-order valence-corrected chi connectivity index (χ3v) is 7.53. The number of nitrogens with zero attached hydrogens (tertiary/aromatic N) is 7. The van der Waals surface area contributed by atoms with Gasteiger partial charge in [-0.15, -0.1) is 0 Å². The second-order valence-corrected chi connectivity index (χ2v) is 9.78. The molecule has 3 aliphatic heterocycles. The summed E-state index contributed by atoms with van der Waals surface area (Å²) in [6.07, 6.45) is 7.12. The van der Waals surface area contributed by atoms with Gasteiger partial charge in [-0.1, -0.05) is 0 Å². The van der Waals surface area contributed by atoms with Crippen LogP contribution in [0.5, 0.6) is 11.8 Å². The van der Waals surface area contributed by atoms with Crippen molar-refractivity contribution in [2.24, 2.45) is 5.92 Å². The number of hydrogen-bond donors (Lipinski definition) is 0. The monoisotopic (exact) mass is 503 g/mol. The molecule has 9 nitrogen and oxygen atoms in total. The first-order chi connectivity index (χ1) is 18.0. The molecule has 0 aromatic carbocycles. The van der Waals surface area contributed by atoms with Crippen molar-refractivity contribution in [3.63, 3.8) is 0 Å². The molecule has 0 radical (unpaired) electrons. The Labute approximate surface area is 214 Å². The quantitative estimate of drug-likeness (QED) is 0.374. The van der Waals surface area contributed by atoms with Crippen LogP contribution in [0.2, 0.25) is 0 Å². The summed E-state index contributed by atoms with van der Waals surface area (Å²) >= 11 is 0. The van der Waals surface area contributed by atoms with E-state index in [1.54, 1.807) is 13.3 Å². The van der Waals surface area contributed by atoms with Gasteiger partial charge in [-0.3, -0.25) is 9.97 Å². The lowest BCUT2D eigenvalue weighted by Crippen LogP contribution is -2.46. The number of aromatic nitrogens is 6. The maximum atomic E-state index is 14.1. The molecule has 7 rings (SSSR count). The average Bonchev–Trinajstić information content (AvgIpc) is 3.28. The van der Waals surface area contributed by atoms with Crippen molar-refractivity contribution in [3.05, 3.63) is 53.5 Å². The zero-order chi connectivity index (χ0) is 25.5. The Morgan fingerprint density at radius 1 is 1.08 bits per heavy atom. The number of rotatable bonds is 7. The van der Waals surface area contributed by atoms with Gasteiger partial charge in [0.25, 0.3) is 0 Å². The van der Waals surface area contributed by atoms with Gasteiger partial charge in [0, 0.05) is 47.7 Å². The average molecular weight is 504 g/mol. The lowest BCUT2D eigenvalue weighted by molar-refractivity contribution is 0.0853. The highest BCUT2D eigenvalue weighted by molar-refractivity contribution is 5.79. The summed E-state index contributed by atoms with van der Waals surface area (Å²) in [6, 6.07) is 3.78. The van der Waals surface area contributed by atoms with Crippen LogP contribution in [0.25, 0.3) is 22.6 Å². The largest absolute Gasteiger partial charge is 0.496 e. The Bertz CT molecular complexity index is 1450. The zero-order valence-corrected chi connectivity index (χ0v) is 21.3. The van der Waals surface area contributed by atoms with Crippen LogP contribution >= 0.6 is 0 Å². The van der Waals surface area contributed by atoms with Crippen LogP contribution in [-0.4, -0.2) is 67.7 Å². The fourth-order valence-corrected chi connectivity index (χ4v) is 5.67. The number of fused-ring (bicyclic) bond motifs is 4.